The summed E-state index contributed by atoms with van der Waals surface area (Å²) in [5.41, 5.74) is 2.29. The first-order valence-corrected chi connectivity index (χ1v) is 6.71. The molecule has 0 amide bonds. The monoisotopic (exact) mass is 254 g/mol. The van der Waals surface area contributed by atoms with Gasteiger partial charge in [-0.3, -0.25) is 4.79 Å². The summed E-state index contributed by atoms with van der Waals surface area (Å²) >= 11 is 0. The van der Waals surface area contributed by atoms with Crippen LogP contribution in [0.3, 0.4) is 0 Å². The summed E-state index contributed by atoms with van der Waals surface area (Å²) in [6.45, 7) is 4.37. The third-order valence-corrected chi connectivity index (χ3v) is 4.68. The quantitative estimate of drug-likeness (QED) is 0.876. The van der Waals surface area contributed by atoms with Gasteiger partial charge in [-0.1, -0.05) is 38.1 Å². The Kier molecular flexibility index (Phi) is 2.63. The van der Waals surface area contributed by atoms with Crippen molar-refractivity contribution in [1.82, 2.24) is 0 Å². The molecule has 3 aliphatic carbocycles. The molecule has 0 heterocycles. The Labute approximate surface area is 113 Å². The number of ketones is 1. The van der Waals surface area contributed by atoms with E-state index in [-0.39, 0.29) is 22.9 Å². The summed E-state index contributed by atoms with van der Waals surface area (Å²) in [6.07, 6.45) is 6.86. The molecule has 0 unspecified atom stereocenters. The van der Waals surface area contributed by atoms with Crippen LogP contribution in [-0.4, -0.2) is 10.9 Å². The van der Waals surface area contributed by atoms with Gasteiger partial charge in [0.05, 0.1) is 0 Å². The van der Waals surface area contributed by atoms with Gasteiger partial charge in [-0.25, -0.2) is 0 Å². The summed E-state index contributed by atoms with van der Waals surface area (Å²) < 4.78 is 0. The Hall–Kier alpha value is -1.83. The largest absolute Gasteiger partial charge is 0.508 e. The molecule has 0 spiro atoms. The summed E-state index contributed by atoms with van der Waals surface area (Å²) in [5.74, 6) is 1.27. The number of aromatic hydroxyl groups is 1. The maximum atomic E-state index is 12.0. The van der Waals surface area contributed by atoms with Crippen molar-refractivity contribution in [2.24, 2.45) is 17.3 Å². The van der Waals surface area contributed by atoms with Crippen molar-refractivity contribution in [1.29, 1.82) is 0 Å². The number of allylic oxidation sites excluding steroid dienone is 3. The van der Waals surface area contributed by atoms with Gasteiger partial charge in [0, 0.05) is 5.92 Å². The first kappa shape index (κ1) is 12.2. The van der Waals surface area contributed by atoms with Crippen LogP contribution in [0.25, 0.3) is 6.08 Å². The lowest BCUT2D eigenvalue weighted by molar-refractivity contribution is -0.133. The number of phenolic OH excluding ortho intramolecular Hbond substituents is 1. The van der Waals surface area contributed by atoms with Gasteiger partial charge >= 0.3 is 0 Å². The standard InChI is InChI=1S/C17H18O2/c1-17(2)14-10-15(17)16(19)9-12(14)6-3-11-4-7-13(18)8-5-11/h3-9,14-15,18H,10H2,1-2H3/t14-,15+/m0/s1. The highest BCUT2D eigenvalue weighted by molar-refractivity contribution is 5.96. The number of fused-ring (bicyclic) bond motifs is 1. The molecule has 1 N–H and O–H groups in total. The lowest BCUT2D eigenvalue weighted by atomic mass is 9.48. The topological polar surface area (TPSA) is 37.3 Å². The highest BCUT2D eigenvalue weighted by Crippen LogP contribution is 2.58. The van der Waals surface area contributed by atoms with E-state index in [4.69, 9.17) is 0 Å². The van der Waals surface area contributed by atoms with E-state index in [0.29, 0.717) is 5.92 Å². The molecule has 0 aromatic heterocycles. The summed E-state index contributed by atoms with van der Waals surface area (Å²) in [4.78, 5) is 12.0. The lowest BCUT2D eigenvalue weighted by Gasteiger charge is -2.54. The highest BCUT2D eigenvalue weighted by atomic mass is 16.3. The van der Waals surface area contributed by atoms with Gasteiger partial charge in [0.15, 0.2) is 5.78 Å². The smallest absolute Gasteiger partial charge is 0.159 e. The van der Waals surface area contributed by atoms with Crippen molar-refractivity contribution in [3.05, 3.63) is 47.6 Å². The summed E-state index contributed by atoms with van der Waals surface area (Å²) in [5, 5.41) is 9.25. The van der Waals surface area contributed by atoms with Gasteiger partial charge in [0.25, 0.3) is 0 Å². The summed E-state index contributed by atoms with van der Waals surface area (Å²) in [6, 6.07) is 7.07. The van der Waals surface area contributed by atoms with E-state index in [1.54, 1.807) is 18.2 Å². The van der Waals surface area contributed by atoms with Crippen LogP contribution in [0.4, 0.5) is 0 Å². The number of hydrogen-bond donors (Lipinski definition) is 1. The third kappa shape index (κ3) is 1.92. The minimum Gasteiger partial charge on any atom is -0.508 e. The number of carbonyl (C=O) groups excluding carboxylic acids is 1. The molecule has 1 aromatic carbocycles. The zero-order valence-electron chi connectivity index (χ0n) is 11.3. The van der Waals surface area contributed by atoms with Crippen LogP contribution in [0.15, 0.2) is 42.0 Å². The van der Waals surface area contributed by atoms with Crippen molar-refractivity contribution >= 4 is 11.9 Å². The Morgan fingerprint density at radius 3 is 2.42 bits per heavy atom. The highest BCUT2D eigenvalue weighted by Gasteiger charge is 2.54. The Bertz CT molecular complexity index is 576. The molecule has 1 fully saturated rings. The molecular formula is C17H18O2. The molecule has 1 saturated carbocycles. The van der Waals surface area contributed by atoms with E-state index in [1.165, 1.54) is 0 Å². The van der Waals surface area contributed by atoms with Crippen molar-refractivity contribution in [2.45, 2.75) is 20.3 Å². The number of phenols is 1. The predicted molar refractivity (Wildman–Crippen MR) is 75.6 cm³/mol. The molecule has 2 atom stereocenters. The Balaban J connectivity index is 1.84. The second-order valence-electron chi connectivity index (χ2n) is 6.13. The minimum absolute atomic E-state index is 0.112. The van der Waals surface area contributed by atoms with E-state index in [1.807, 2.05) is 24.3 Å². The molecule has 0 aliphatic heterocycles. The maximum absolute atomic E-state index is 12.0. The second-order valence-corrected chi connectivity index (χ2v) is 6.13. The van der Waals surface area contributed by atoms with E-state index in [9.17, 15) is 9.90 Å². The molecule has 2 nitrogen and oxygen atoms in total. The molecular weight excluding hydrogens is 236 g/mol. The van der Waals surface area contributed by atoms with Gasteiger partial charge in [0.1, 0.15) is 5.75 Å². The van der Waals surface area contributed by atoms with Crippen LogP contribution in [-0.2, 0) is 4.79 Å². The van der Waals surface area contributed by atoms with E-state index in [0.717, 1.165) is 17.6 Å². The van der Waals surface area contributed by atoms with Crippen LogP contribution in [0, 0.1) is 17.3 Å². The molecule has 19 heavy (non-hydrogen) atoms. The zero-order valence-corrected chi connectivity index (χ0v) is 11.3. The number of hydrogen-bond acceptors (Lipinski definition) is 2. The van der Waals surface area contributed by atoms with E-state index < -0.39 is 0 Å². The summed E-state index contributed by atoms with van der Waals surface area (Å²) in [7, 11) is 0. The van der Waals surface area contributed by atoms with Crippen LogP contribution in [0.5, 0.6) is 5.75 Å². The van der Waals surface area contributed by atoms with E-state index in [2.05, 4.69) is 13.8 Å². The van der Waals surface area contributed by atoms with Gasteiger partial charge in [-0.15, -0.1) is 0 Å². The molecule has 98 valence electrons. The van der Waals surface area contributed by atoms with Crippen molar-refractivity contribution in [3.8, 4) is 5.75 Å². The van der Waals surface area contributed by atoms with Crippen molar-refractivity contribution < 1.29 is 9.90 Å². The van der Waals surface area contributed by atoms with Crippen LogP contribution >= 0.6 is 0 Å². The molecule has 4 rings (SSSR count). The average molecular weight is 254 g/mol. The van der Waals surface area contributed by atoms with Gasteiger partial charge in [-0.05, 0) is 47.1 Å². The number of rotatable bonds is 2. The van der Waals surface area contributed by atoms with Crippen molar-refractivity contribution in [2.75, 3.05) is 0 Å². The maximum Gasteiger partial charge on any atom is 0.159 e. The Morgan fingerprint density at radius 1 is 1.16 bits per heavy atom. The van der Waals surface area contributed by atoms with E-state index >= 15 is 0 Å². The molecule has 3 aliphatic rings. The second kappa shape index (κ2) is 4.09. The van der Waals surface area contributed by atoms with Crippen LogP contribution < -0.4 is 0 Å². The lowest BCUT2D eigenvalue weighted by Crippen LogP contribution is -2.52. The third-order valence-electron chi connectivity index (χ3n) is 4.68. The fourth-order valence-electron chi connectivity index (χ4n) is 3.28. The van der Waals surface area contributed by atoms with Crippen molar-refractivity contribution in [3.63, 3.8) is 0 Å². The molecule has 2 bridgehead atoms. The fraction of sp³-hybridized carbons (Fsp3) is 0.353. The minimum atomic E-state index is 0.112. The average Bonchev–Trinajstić information content (AvgIpc) is 2.37. The first-order valence-electron chi connectivity index (χ1n) is 6.71. The number of benzene rings is 1. The molecule has 1 aromatic rings. The Morgan fingerprint density at radius 2 is 1.84 bits per heavy atom. The SMILES string of the molecule is CC1(C)[C@@H]2C[C@H]1C(C=Cc1ccc(O)cc1)=CC2=O. The predicted octanol–water partition coefficient (Wildman–Crippen LogP) is 3.58. The normalized spacial score (nSPS) is 28.1. The fourth-order valence-corrected chi connectivity index (χ4v) is 3.28. The van der Waals surface area contributed by atoms with Crippen LogP contribution in [0.1, 0.15) is 25.8 Å². The zero-order chi connectivity index (χ0) is 13.6. The van der Waals surface area contributed by atoms with Crippen LogP contribution in [0.2, 0.25) is 0 Å². The number of carbonyl (C=O) groups is 1. The van der Waals surface area contributed by atoms with Gasteiger partial charge in [0.2, 0.25) is 0 Å². The first-order chi connectivity index (χ1) is 8.98. The molecule has 0 saturated heterocycles. The molecule has 0 radical (unpaired) electrons. The van der Waals surface area contributed by atoms with Gasteiger partial charge < -0.3 is 5.11 Å². The van der Waals surface area contributed by atoms with Gasteiger partial charge in [-0.2, -0.15) is 0 Å². The molecule has 2 heteroatoms.